The van der Waals surface area contributed by atoms with Gasteiger partial charge in [-0.15, -0.1) is 0 Å². The van der Waals surface area contributed by atoms with E-state index in [1.165, 1.54) is 0 Å². The fourth-order valence-corrected chi connectivity index (χ4v) is 3.32. The number of fused-ring (bicyclic) bond motifs is 1. The summed E-state index contributed by atoms with van der Waals surface area (Å²) in [5.74, 6) is 1.48. The quantitative estimate of drug-likeness (QED) is 0.624. The number of likely N-dealkylation sites (N-methyl/N-ethyl adjacent to an activating group) is 1. The topological polar surface area (TPSA) is 64.2 Å². The number of aryl methyl sites for hydroxylation is 1. The first-order chi connectivity index (χ1) is 13.2. The number of benzene rings is 1. The van der Waals surface area contributed by atoms with E-state index < -0.39 is 0 Å². The van der Waals surface area contributed by atoms with E-state index in [-0.39, 0.29) is 11.8 Å². The van der Waals surface area contributed by atoms with Gasteiger partial charge in [-0.05, 0) is 38.0 Å². The van der Waals surface area contributed by atoms with Crippen molar-refractivity contribution in [2.75, 3.05) is 11.9 Å². The van der Waals surface area contributed by atoms with Crippen LogP contribution in [0.25, 0.3) is 11.1 Å². The standard InChI is InChI=1S/C22H30N4O2/c1-13(2)12-26-16(6)18(15(5)24-26)11-21(27)25(7)17-8-9-20-19(10-17)23-22(28-20)14(3)4/h8-10,13-14H,11-12H2,1-7H3. The van der Waals surface area contributed by atoms with E-state index in [4.69, 9.17) is 4.42 Å². The summed E-state index contributed by atoms with van der Waals surface area (Å²) in [5, 5.41) is 4.62. The van der Waals surface area contributed by atoms with Crippen LogP contribution in [0.1, 0.15) is 56.5 Å². The van der Waals surface area contributed by atoms with Crippen LogP contribution in [0.5, 0.6) is 0 Å². The second-order valence-electron chi connectivity index (χ2n) is 8.21. The molecule has 0 saturated heterocycles. The molecule has 0 atom stereocenters. The lowest BCUT2D eigenvalue weighted by Crippen LogP contribution is -2.28. The Morgan fingerprint density at radius 1 is 1.21 bits per heavy atom. The Morgan fingerprint density at radius 3 is 2.57 bits per heavy atom. The van der Waals surface area contributed by atoms with E-state index in [1.54, 1.807) is 11.9 Å². The molecule has 0 unspecified atom stereocenters. The van der Waals surface area contributed by atoms with E-state index in [0.717, 1.165) is 40.3 Å². The van der Waals surface area contributed by atoms with Gasteiger partial charge in [0, 0.05) is 36.5 Å². The zero-order chi connectivity index (χ0) is 20.6. The highest BCUT2D eigenvalue weighted by atomic mass is 16.3. The van der Waals surface area contributed by atoms with E-state index in [2.05, 4.69) is 23.9 Å². The summed E-state index contributed by atoms with van der Waals surface area (Å²) in [6.07, 6.45) is 0.334. The lowest BCUT2D eigenvalue weighted by Gasteiger charge is -2.17. The van der Waals surface area contributed by atoms with Gasteiger partial charge >= 0.3 is 0 Å². The number of hydrogen-bond donors (Lipinski definition) is 0. The third-order valence-electron chi connectivity index (χ3n) is 5.04. The minimum Gasteiger partial charge on any atom is -0.440 e. The van der Waals surface area contributed by atoms with E-state index in [1.807, 2.05) is 50.6 Å². The van der Waals surface area contributed by atoms with Crippen LogP contribution in [0.15, 0.2) is 22.6 Å². The maximum Gasteiger partial charge on any atom is 0.231 e. The van der Waals surface area contributed by atoms with Crippen LogP contribution in [-0.2, 0) is 17.8 Å². The predicted molar refractivity (Wildman–Crippen MR) is 112 cm³/mol. The minimum absolute atomic E-state index is 0.0298. The van der Waals surface area contributed by atoms with Gasteiger partial charge in [-0.2, -0.15) is 5.10 Å². The van der Waals surface area contributed by atoms with Gasteiger partial charge in [0.15, 0.2) is 11.5 Å². The second kappa shape index (κ2) is 7.78. The van der Waals surface area contributed by atoms with Crippen LogP contribution in [0, 0.1) is 19.8 Å². The monoisotopic (exact) mass is 382 g/mol. The number of aromatic nitrogens is 3. The molecule has 0 radical (unpaired) electrons. The van der Waals surface area contributed by atoms with Crippen molar-refractivity contribution < 1.29 is 9.21 Å². The number of oxazole rings is 1. The van der Waals surface area contributed by atoms with Crippen molar-refractivity contribution >= 4 is 22.7 Å². The van der Waals surface area contributed by atoms with E-state index >= 15 is 0 Å². The van der Waals surface area contributed by atoms with Gasteiger partial charge in [0.1, 0.15) is 5.52 Å². The van der Waals surface area contributed by atoms with Crippen molar-refractivity contribution in [2.24, 2.45) is 5.92 Å². The summed E-state index contributed by atoms with van der Waals surface area (Å²) in [4.78, 5) is 19.2. The van der Waals surface area contributed by atoms with E-state index in [0.29, 0.717) is 18.2 Å². The molecular weight excluding hydrogens is 352 g/mol. The molecule has 0 N–H and O–H groups in total. The molecule has 0 saturated carbocycles. The molecule has 1 aromatic carbocycles. The van der Waals surface area contributed by atoms with Crippen LogP contribution in [0.4, 0.5) is 5.69 Å². The Labute approximate surface area is 166 Å². The van der Waals surface area contributed by atoms with Crippen LogP contribution < -0.4 is 4.90 Å². The first-order valence-electron chi connectivity index (χ1n) is 9.87. The van der Waals surface area contributed by atoms with Gasteiger partial charge in [0.05, 0.1) is 12.1 Å². The lowest BCUT2D eigenvalue weighted by molar-refractivity contribution is -0.117. The molecule has 1 amide bonds. The van der Waals surface area contributed by atoms with Gasteiger partial charge in [0.25, 0.3) is 0 Å². The minimum atomic E-state index is 0.0298. The molecule has 2 aromatic heterocycles. The average Bonchev–Trinajstić information content (AvgIpc) is 3.16. The smallest absolute Gasteiger partial charge is 0.231 e. The summed E-state index contributed by atoms with van der Waals surface area (Å²) in [6, 6.07) is 5.69. The van der Waals surface area contributed by atoms with Crippen molar-refractivity contribution in [1.29, 1.82) is 0 Å². The molecule has 0 bridgehead atoms. The molecule has 0 aliphatic carbocycles. The van der Waals surface area contributed by atoms with Gasteiger partial charge in [-0.3, -0.25) is 9.48 Å². The van der Waals surface area contributed by atoms with Gasteiger partial charge < -0.3 is 9.32 Å². The highest BCUT2D eigenvalue weighted by Gasteiger charge is 2.19. The fourth-order valence-electron chi connectivity index (χ4n) is 3.32. The lowest BCUT2D eigenvalue weighted by atomic mass is 10.1. The zero-order valence-electron chi connectivity index (χ0n) is 17.9. The Morgan fingerprint density at radius 2 is 1.93 bits per heavy atom. The molecule has 3 aromatic rings. The summed E-state index contributed by atoms with van der Waals surface area (Å²) < 4.78 is 7.77. The number of amides is 1. The van der Waals surface area contributed by atoms with Crippen molar-refractivity contribution in [3.63, 3.8) is 0 Å². The molecule has 3 rings (SSSR count). The molecule has 6 nitrogen and oxygen atoms in total. The molecule has 0 aliphatic rings. The average molecular weight is 383 g/mol. The normalized spacial score (nSPS) is 11.8. The summed E-state index contributed by atoms with van der Waals surface area (Å²) >= 11 is 0. The summed E-state index contributed by atoms with van der Waals surface area (Å²) in [7, 11) is 1.80. The number of carbonyl (C=O) groups is 1. The van der Waals surface area contributed by atoms with Gasteiger partial charge in [0.2, 0.25) is 5.91 Å². The first kappa shape index (κ1) is 20.1. The predicted octanol–water partition coefficient (Wildman–Crippen LogP) is 4.63. The fraction of sp³-hybridized carbons (Fsp3) is 0.500. The van der Waals surface area contributed by atoms with Crippen molar-refractivity contribution in [3.05, 3.63) is 41.0 Å². The summed E-state index contributed by atoms with van der Waals surface area (Å²) in [5.41, 5.74) is 5.34. The van der Waals surface area contributed by atoms with Crippen LogP contribution in [-0.4, -0.2) is 27.7 Å². The van der Waals surface area contributed by atoms with Gasteiger partial charge in [-0.1, -0.05) is 27.7 Å². The molecule has 150 valence electrons. The van der Waals surface area contributed by atoms with Crippen LogP contribution >= 0.6 is 0 Å². The maximum atomic E-state index is 12.9. The third kappa shape index (κ3) is 3.96. The maximum absolute atomic E-state index is 12.9. The highest BCUT2D eigenvalue weighted by Crippen LogP contribution is 2.26. The number of rotatable bonds is 6. The van der Waals surface area contributed by atoms with Crippen LogP contribution in [0.3, 0.4) is 0 Å². The highest BCUT2D eigenvalue weighted by molar-refractivity contribution is 5.96. The van der Waals surface area contributed by atoms with E-state index in [9.17, 15) is 4.79 Å². The van der Waals surface area contributed by atoms with Crippen LogP contribution in [0.2, 0.25) is 0 Å². The second-order valence-corrected chi connectivity index (χ2v) is 8.21. The molecule has 2 heterocycles. The van der Waals surface area contributed by atoms with Crippen molar-refractivity contribution in [2.45, 2.75) is 60.4 Å². The molecular formula is C22H30N4O2. The molecule has 0 spiro atoms. The third-order valence-corrected chi connectivity index (χ3v) is 5.04. The molecule has 6 heteroatoms. The molecule has 0 aliphatic heterocycles. The largest absolute Gasteiger partial charge is 0.440 e. The zero-order valence-corrected chi connectivity index (χ0v) is 17.9. The number of hydrogen-bond acceptors (Lipinski definition) is 4. The number of nitrogens with zero attached hydrogens (tertiary/aromatic N) is 4. The molecule has 0 fully saturated rings. The summed E-state index contributed by atoms with van der Waals surface area (Å²) in [6.45, 7) is 13.3. The Kier molecular flexibility index (Phi) is 5.59. The first-order valence-corrected chi connectivity index (χ1v) is 9.87. The Balaban J connectivity index is 1.81. The SMILES string of the molecule is Cc1nn(CC(C)C)c(C)c1CC(=O)N(C)c1ccc2oc(C(C)C)nc2c1. The molecule has 28 heavy (non-hydrogen) atoms. The van der Waals surface area contributed by atoms with Crippen molar-refractivity contribution in [1.82, 2.24) is 14.8 Å². The van der Waals surface area contributed by atoms with Gasteiger partial charge in [-0.25, -0.2) is 4.98 Å². The number of carbonyl (C=O) groups excluding carboxylic acids is 1. The Bertz CT molecular complexity index is 998. The number of anilines is 1. The Hall–Kier alpha value is -2.63. The van der Waals surface area contributed by atoms with Crippen molar-refractivity contribution in [3.8, 4) is 0 Å².